The highest BCUT2D eigenvalue weighted by Gasteiger charge is 2.20. The fourth-order valence-corrected chi connectivity index (χ4v) is 6.61. The molecule has 0 aliphatic carbocycles. The third kappa shape index (κ3) is 46.6. The molecule has 0 aliphatic rings. The summed E-state index contributed by atoms with van der Waals surface area (Å²) in [7, 11) is 1.32. The van der Waals surface area contributed by atoms with Crippen LogP contribution in [0.5, 0.6) is 0 Å². The first-order chi connectivity index (χ1) is 28.6. The van der Waals surface area contributed by atoms with Gasteiger partial charge in [0.05, 0.1) is 34.4 Å². The van der Waals surface area contributed by atoms with Gasteiger partial charge in [0, 0.05) is 13.0 Å². The van der Waals surface area contributed by atoms with Crippen molar-refractivity contribution in [3.05, 3.63) is 85.1 Å². The summed E-state index contributed by atoms with van der Waals surface area (Å²) < 4.78 is 34.6. The van der Waals surface area contributed by atoms with Crippen molar-refractivity contribution >= 4 is 13.8 Å². The first-order valence-electron chi connectivity index (χ1n) is 23.3. The van der Waals surface area contributed by atoms with Crippen LogP contribution in [-0.4, -0.2) is 70.7 Å². The standard InChI is InChI=1S/C50H88NO7P/c1-6-8-10-12-14-16-18-20-21-22-23-24-25-26-27-28-29-30-32-34-36-38-40-42-45-55-47-49(48-57-59(53,54)56-46-44-51(3,4)5)58-50(52)43-41-39-37-35-33-31-19-17-15-13-11-9-7-2/h8,10,14,16,20-21,23-24,26-27,29-30,34,36,49H,6-7,9,11-13,15,17-19,22,25,28,31-33,35,37-48H2,1-5H3/b10-8-,16-14-,21-20-,24-23-,27-26-,30-29-,36-34-. The van der Waals surface area contributed by atoms with Gasteiger partial charge in [-0.3, -0.25) is 9.36 Å². The minimum atomic E-state index is -4.54. The molecule has 0 spiro atoms. The maximum atomic E-state index is 12.7. The SMILES string of the molecule is CC/C=C\C/C=C\C/C=C\C/C=C\C/C=C\C/C=C\C/C=C\CCCCOCC(COP(=O)([O-])OCC[N+](C)(C)C)OC(=O)CCCCCCCCCCCCCCC. The predicted molar refractivity (Wildman–Crippen MR) is 249 cm³/mol. The van der Waals surface area contributed by atoms with Crippen LogP contribution in [0.3, 0.4) is 0 Å². The number of ether oxygens (including phenoxy) is 2. The monoisotopic (exact) mass is 846 g/mol. The van der Waals surface area contributed by atoms with Gasteiger partial charge >= 0.3 is 5.97 Å². The van der Waals surface area contributed by atoms with Crippen LogP contribution in [0.4, 0.5) is 0 Å². The third-order valence-electron chi connectivity index (χ3n) is 9.46. The lowest BCUT2D eigenvalue weighted by Gasteiger charge is -2.28. The highest BCUT2D eigenvalue weighted by Crippen LogP contribution is 2.38. The fraction of sp³-hybridized carbons (Fsp3) is 0.700. The Balaban J connectivity index is 4.29. The molecule has 59 heavy (non-hydrogen) atoms. The van der Waals surface area contributed by atoms with Crippen molar-refractivity contribution in [1.29, 1.82) is 0 Å². The van der Waals surface area contributed by atoms with E-state index in [0.717, 1.165) is 83.5 Å². The highest BCUT2D eigenvalue weighted by atomic mass is 31.2. The molecule has 0 radical (unpaired) electrons. The maximum absolute atomic E-state index is 12.7. The molecule has 0 saturated carbocycles. The van der Waals surface area contributed by atoms with E-state index in [4.69, 9.17) is 18.5 Å². The van der Waals surface area contributed by atoms with Crippen molar-refractivity contribution in [2.24, 2.45) is 0 Å². The summed E-state index contributed by atoms with van der Waals surface area (Å²) in [6.07, 6.45) is 56.1. The van der Waals surface area contributed by atoms with Gasteiger partial charge in [0.15, 0.2) is 0 Å². The Bertz CT molecular complexity index is 1210. The summed E-state index contributed by atoms with van der Waals surface area (Å²) in [5.74, 6) is -0.353. The topological polar surface area (TPSA) is 94.1 Å². The Morgan fingerprint density at radius 1 is 0.542 bits per heavy atom. The summed E-state index contributed by atoms with van der Waals surface area (Å²) in [5, 5.41) is 0. The summed E-state index contributed by atoms with van der Waals surface area (Å²) in [4.78, 5) is 25.1. The van der Waals surface area contributed by atoms with Crippen molar-refractivity contribution in [2.45, 2.75) is 174 Å². The molecule has 0 bridgehead atoms. The van der Waals surface area contributed by atoms with Crippen LogP contribution in [0.15, 0.2) is 85.1 Å². The first-order valence-corrected chi connectivity index (χ1v) is 24.8. The Labute approximate surface area is 363 Å². The number of rotatable bonds is 42. The number of carbonyl (C=O) groups excluding carboxylic acids is 1. The predicted octanol–water partition coefficient (Wildman–Crippen LogP) is 13.4. The van der Waals surface area contributed by atoms with Crippen LogP contribution >= 0.6 is 7.82 Å². The van der Waals surface area contributed by atoms with E-state index in [1.165, 1.54) is 64.2 Å². The molecule has 2 unspecified atom stereocenters. The van der Waals surface area contributed by atoms with E-state index in [0.29, 0.717) is 24.1 Å². The van der Waals surface area contributed by atoms with Gasteiger partial charge in [0.1, 0.15) is 19.3 Å². The van der Waals surface area contributed by atoms with Crippen molar-refractivity contribution in [1.82, 2.24) is 0 Å². The maximum Gasteiger partial charge on any atom is 0.306 e. The molecule has 0 aliphatic heterocycles. The van der Waals surface area contributed by atoms with Crippen LogP contribution < -0.4 is 4.89 Å². The van der Waals surface area contributed by atoms with Crippen molar-refractivity contribution in [2.75, 3.05) is 54.1 Å². The van der Waals surface area contributed by atoms with Crippen LogP contribution in [0.2, 0.25) is 0 Å². The molecule has 0 saturated heterocycles. The molecule has 0 aromatic rings. The van der Waals surface area contributed by atoms with Crippen molar-refractivity contribution in [3.63, 3.8) is 0 Å². The van der Waals surface area contributed by atoms with E-state index >= 15 is 0 Å². The third-order valence-corrected chi connectivity index (χ3v) is 10.4. The molecule has 9 heteroatoms. The van der Waals surface area contributed by atoms with Gasteiger partial charge in [-0.25, -0.2) is 0 Å². The average Bonchev–Trinajstić information content (AvgIpc) is 3.19. The van der Waals surface area contributed by atoms with Gasteiger partial charge < -0.3 is 27.9 Å². The zero-order chi connectivity index (χ0) is 43.4. The number of likely N-dealkylation sites (N-methyl/N-ethyl adjacent to an activating group) is 1. The second-order valence-corrected chi connectivity index (χ2v) is 17.8. The molecule has 340 valence electrons. The lowest BCUT2D eigenvalue weighted by atomic mass is 10.0. The zero-order valence-corrected chi connectivity index (χ0v) is 39.3. The van der Waals surface area contributed by atoms with Gasteiger partial charge in [0.25, 0.3) is 7.82 Å². The number of nitrogens with zero attached hydrogens (tertiary/aromatic N) is 1. The smallest absolute Gasteiger partial charge is 0.306 e. The summed E-state index contributed by atoms with van der Waals surface area (Å²) in [6.45, 7) is 5.17. The Kier molecular flexibility index (Phi) is 40.7. The molecule has 0 fully saturated rings. The molecule has 0 aromatic carbocycles. The van der Waals surface area contributed by atoms with Crippen LogP contribution in [0.1, 0.15) is 168 Å². The minimum Gasteiger partial charge on any atom is -0.756 e. The number of phosphoric ester groups is 1. The van der Waals surface area contributed by atoms with Crippen molar-refractivity contribution < 1.29 is 37.3 Å². The lowest BCUT2D eigenvalue weighted by molar-refractivity contribution is -0.870. The number of quaternary nitrogens is 1. The Morgan fingerprint density at radius 3 is 1.44 bits per heavy atom. The number of hydrogen-bond donors (Lipinski definition) is 0. The lowest BCUT2D eigenvalue weighted by Crippen LogP contribution is -2.37. The first kappa shape index (κ1) is 56.7. The fourth-order valence-electron chi connectivity index (χ4n) is 5.88. The van der Waals surface area contributed by atoms with Gasteiger partial charge in [0.2, 0.25) is 0 Å². The van der Waals surface area contributed by atoms with Gasteiger partial charge in [-0.2, -0.15) is 0 Å². The quantitative estimate of drug-likeness (QED) is 0.0199. The molecule has 0 rings (SSSR count). The normalized spacial score (nSPS) is 14.5. The number of esters is 1. The summed E-state index contributed by atoms with van der Waals surface area (Å²) >= 11 is 0. The zero-order valence-electron chi connectivity index (χ0n) is 38.4. The molecule has 0 aromatic heterocycles. The highest BCUT2D eigenvalue weighted by molar-refractivity contribution is 7.45. The number of unbranched alkanes of at least 4 members (excludes halogenated alkanes) is 14. The minimum absolute atomic E-state index is 0.0140. The van der Waals surface area contributed by atoms with E-state index in [2.05, 4.69) is 98.9 Å². The van der Waals surface area contributed by atoms with Crippen LogP contribution in [0, 0.1) is 0 Å². The summed E-state index contributed by atoms with van der Waals surface area (Å²) in [5.41, 5.74) is 0. The molecule has 2 atom stereocenters. The van der Waals surface area contributed by atoms with E-state index in [1.807, 2.05) is 21.1 Å². The van der Waals surface area contributed by atoms with Gasteiger partial charge in [-0.15, -0.1) is 0 Å². The molecular formula is C50H88NO7P. The molecule has 8 nitrogen and oxygen atoms in total. The molecular weight excluding hydrogens is 758 g/mol. The van der Waals surface area contributed by atoms with E-state index in [-0.39, 0.29) is 25.8 Å². The van der Waals surface area contributed by atoms with Gasteiger partial charge in [-0.05, 0) is 70.6 Å². The second kappa shape index (κ2) is 42.4. The number of carbonyl (C=O) groups is 1. The Morgan fingerprint density at radius 2 is 0.983 bits per heavy atom. The average molecular weight is 846 g/mol. The van der Waals surface area contributed by atoms with E-state index < -0.39 is 13.9 Å². The largest absolute Gasteiger partial charge is 0.756 e. The summed E-state index contributed by atoms with van der Waals surface area (Å²) in [6, 6.07) is 0. The Hall–Kier alpha value is -2.32. The molecule has 0 N–H and O–H groups in total. The van der Waals surface area contributed by atoms with Crippen LogP contribution in [0.25, 0.3) is 0 Å². The number of allylic oxidation sites excluding steroid dienone is 14. The second-order valence-electron chi connectivity index (χ2n) is 16.4. The molecule has 0 heterocycles. The number of phosphoric acid groups is 1. The van der Waals surface area contributed by atoms with E-state index in [9.17, 15) is 14.3 Å². The van der Waals surface area contributed by atoms with Gasteiger partial charge in [-0.1, -0.05) is 176 Å². The number of hydrogen-bond acceptors (Lipinski definition) is 7. The van der Waals surface area contributed by atoms with E-state index in [1.54, 1.807) is 0 Å². The van der Waals surface area contributed by atoms with Crippen molar-refractivity contribution in [3.8, 4) is 0 Å². The molecule has 0 amide bonds. The van der Waals surface area contributed by atoms with Crippen LogP contribution in [-0.2, 0) is 27.9 Å².